The number of likely N-dealkylation sites (N-methyl/N-ethyl adjacent to an activating group) is 1. The Kier molecular flexibility index (Phi) is 3.52. The maximum Gasteiger partial charge on any atom is 0.193 e. The van der Waals surface area contributed by atoms with Gasteiger partial charge >= 0.3 is 0 Å². The Bertz CT molecular complexity index is 442. The molecule has 1 aromatic carbocycles. The number of nitrogens with one attached hydrogen (secondary N) is 1. The summed E-state index contributed by atoms with van der Waals surface area (Å²) in [7, 11) is 1.95. The van der Waals surface area contributed by atoms with E-state index in [2.05, 4.69) is 10.3 Å². The fraction of sp³-hybridized carbons (Fsp3) is 0.462. The lowest BCUT2D eigenvalue weighted by molar-refractivity contribution is 0.0612. The van der Waals surface area contributed by atoms with Gasteiger partial charge in [-0.25, -0.2) is 4.39 Å². The molecule has 1 atom stereocenters. The van der Waals surface area contributed by atoms with Gasteiger partial charge in [0.2, 0.25) is 0 Å². The fourth-order valence-corrected chi connectivity index (χ4v) is 1.89. The van der Waals surface area contributed by atoms with E-state index in [4.69, 9.17) is 0 Å². The summed E-state index contributed by atoms with van der Waals surface area (Å²) < 4.78 is 12.8. The van der Waals surface area contributed by atoms with Gasteiger partial charge in [-0.3, -0.25) is 4.99 Å². The van der Waals surface area contributed by atoms with Crippen LogP contribution in [0, 0.1) is 5.82 Å². The SMILES string of the molecule is CN1CCN=C1NCC(C)(O)c1ccc(F)cc1. The highest BCUT2D eigenvalue weighted by atomic mass is 19.1. The van der Waals surface area contributed by atoms with Crippen LogP contribution in [0.5, 0.6) is 0 Å². The molecule has 1 aromatic rings. The number of nitrogens with zero attached hydrogens (tertiary/aromatic N) is 2. The molecule has 98 valence electrons. The van der Waals surface area contributed by atoms with Crippen molar-refractivity contribution in [2.45, 2.75) is 12.5 Å². The number of halogens is 1. The molecule has 1 unspecified atom stereocenters. The van der Waals surface area contributed by atoms with E-state index in [9.17, 15) is 9.50 Å². The minimum absolute atomic E-state index is 0.303. The predicted octanol–water partition coefficient (Wildman–Crippen LogP) is 0.924. The van der Waals surface area contributed by atoms with Crippen molar-refractivity contribution in [3.8, 4) is 0 Å². The second kappa shape index (κ2) is 4.94. The van der Waals surface area contributed by atoms with Crippen LogP contribution in [0.3, 0.4) is 0 Å². The number of aliphatic imine (C=N–C) groups is 1. The third-order valence-corrected chi connectivity index (χ3v) is 3.12. The first kappa shape index (κ1) is 12.8. The molecule has 0 fully saturated rings. The molecule has 2 N–H and O–H groups in total. The zero-order valence-electron chi connectivity index (χ0n) is 10.7. The molecule has 0 aliphatic carbocycles. The topological polar surface area (TPSA) is 47.9 Å². The highest BCUT2D eigenvalue weighted by Gasteiger charge is 2.24. The van der Waals surface area contributed by atoms with E-state index >= 15 is 0 Å². The van der Waals surface area contributed by atoms with Gasteiger partial charge in [0.25, 0.3) is 0 Å². The van der Waals surface area contributed by atoms with E-state index in [1.54, 1.807) is 19.1 Å². The summed E-state index contributed by atoms with van der Waals surface area (Å²) >= 11 is 0. The second-order valence-electron chi connectivity index (χ2n) is 4.76. The summed E-state index contributed by atoms with van der Waals surface area (Å²) in [6.45, 7) is 3.70. The Balaban J connectivity index is 2.00. The summed E-state index contributed by atoms with van der Waals surface area (Å²) in [5, 5.41) is 13.5. The van der Waals surface area contributed by atoms with Crippen molar-refractivity contribution in [1.29, 1.82) is 0 Å². The van der Waals surface area contributed by atoms with Crippen LogP contribution in [-0.2, 0) is 5.60 Å². The van der Waals surface area contributed by atoms with Crippen LogP contribution in [0.2, 0.25) is 0 Å². The number of benzene rings is 1. The standard InChI is InChI=1S/C13H18FN3O/c1-13(18,10-3-5-11(14)6-4-10)9-16-12-15-7-8-17(12)2/h3-6,18H,7-9H2,1-2H3,(H,15,16). The summed E-state index contributed by atoms with van der Waals surface area (Å²) in [4.78, 5) is 6.29. The van der Waals surface area contributed by atoms with Crippen molar-refractivity contribution in [3.63, 3.8) is 0 Å². The molecule has 1 aliphatic rings. The summed E-state index contributed by atoms with van der Waals surface area (Å²) in [5.41, 5.74) is -0.378. The highest BCUT2D eigenvalue weighted by Crippen LogP contribution is 2.20. The van der Waals surface area contributed by atoms with Crippen molar-refractivity contribution in [2.24, 2.45) is 4.99 Å². The summed E-state index contributed by atoms with van der Waals surface area (Å²) in [5.74, 6) is 0.486. The molecule has 0 amide bonds. The minimum atomic E-state index is -1.06. The smallest absolute Gasteiger partial charge is 0.193 e. The van der Waals surface area contributed by atoms with Crippen LogP contribution in [0.4, 0.5) is 4.39 Å². The number of aliphatic hydroxyl groups is 1. The van der Waals surface area contributed by atoms with Crippen LogP contribution < -0.4 is 5.32 Å². The first-order valence-electron chi connectivity index (χ1n) is 5.97. The van der Waals surface area contributed by atoms with Crippen molar-refractivity contribution in [2.75, 3.05) is 26.7 Å². The summed E-state index contributed by atoms with van der Waals surface area (Å²) in [6, 6.07) is 5.89. The van der Waals surface area contributed by atoms with Crippen molar-refractivity contribution >= 4 is 5.96 Å². The average Bonchev–Trinajstić information content (AvgIpc) is 2.73. The van der Waals surface area contributed by atoms with E-state index in [1.165, 1.54) is 12.1 Å². The van der Waals surface area contributed by atoms with Gasteiger partial charge in [0.05, 0.1) is 13.1 Å². The maximum atomic E-state index is 12.8. The zero-order valence-corrected chi connectivity index (χ0v) is 10.7. The van der Waals surface area contributed by atoms with E-state index < -0.39 is 5.60 Å². The van der Waals surface area contributed by atoms with Crippen LogP contribution in [0.25, 0.3) is 0 Å². The van der Waals surface area contributed by atoms with E-state index in [0.29, 0.717) is 12.1 Å². The molecule has 1 aliphatic heterocycles. The normalized spacial score (nSPS) is 18.4. The Morgan fingerprint density at radius 1 is 1.44 bits per heavy atom. The van der Waals surface area contributed by atoms with Gasteiger partial charge in [0.15, 0.2) is 5.96 Å². The van der Waals surface area contributed by atoms with E-state index in [-0.39, 0.29) is 5.82 Å². The van der Waals surface area contributed by atoms with Gasteiger partial charge in [0, 0.05) is 13.6 Å². The van der Waals surface area contributed by atoms with Gasteiger partial charge < -0.3 is 15.3 Å². The molecule has 0 saturated heterocycles. The lowest BCUT2D eigenvalue weighted by atomic mass is 9.96. The first-order valence-corrected chi connectivity index (χ1v) is 5.97. The maximum absolute atomic E-state index is 12.8. The highest BCUT2D eigenvalue weighted by molar-refractivity contribution is 5.81. The van der Waals surface area contributed by atoms with Crippen LogP contribution in [0.15, 0.2) is 29.3 Å². The van der Waals surface area contributed by atoms with Gasteiger partial charge in [-0.2, -0.15) is 0 Å². The Hall–Kier alpha value is -1.62. The van der Waals surface area contributed by atoms with Crippen LogP contribution >= 0.6 is 0 Å². The molecule has 4 nitrogen and oxygen atoms in total. The zero-order chi connectivity index (χ0) is 13.2. The Morgan fingerprint density at radius 3 is 2.67 bits per heavy atom. The molecular weight excluding hydrogens is 233 g/mol. The van der Waals surface area contributed by atoms with Gasteiger partial charge in [0.1, 0.15) is 11.4 Å². The predicted molar refractivity (Wildman–Crippen MR) is 68.9 cm³/mol. The molecular formula is C13H18FN3O. The number of hydrogen-bond acceptors (Lipinski definition) is 4. The van der Waals surface area contributed by atoms with Crippen molar-refractivity contribution in [3.05, 3.63) is 35.6 Å². The van der Waals surface area contributed by atoms with Gasteiger partial charge in [-0.15, -0.1) is 0 Å². The third-order valence-electron chi connectivity index (χ3n) is 3.12. The molecule has 0 aromatic heterocycles. The number of guanidine groups is 1. The molecule has 5 heteroatoms. The van der Waals surface area contributed by atoms with Gasteiger partial charge in [-0.1, -0.05) is 12.1 Å². The van der Waals surface area contributed by atoms with Gasteiger partial charge in [-0.05, 0) is 24.6 Å². The summed E-state index contributed by atoms with van der Waals surface area (Å²) in [6.07, 6.45) is 0. The molecule has 18 heavy (non-hydrogen) atoms. The minimum Gasteiger partial charge on any atom is -0.384 e. The first-order chi connectivity index (χ1) is 8.49. The molecule has 0 spiro atoms. The molecule has 0 bridgehead atoms. The Morgan fingerprint density at radius 2 is 2.11 bits per heavy atom. The lowest BCUT2D eigenvalue weighted by Gasteiger charge is -2.26. The fourth-order valence-electron chi connectivity index (χ4n) is 1.89. The average molecular weight is 251 g/mol. The van der Waals surface area contributed by atoms with Crippen LogP contribution in [-0.4, -0.2) is 42.6 Å². The van der Waals surface area contributed by atoms with Crippen LogP contribution in [0.1, 0.15) is 12.5 Å². The quantitative estimate of drug-likeness (QED) is 0.840. The Labute approximate surface area is 106 Å². The van der Waals surface area contributed by atoms with E-state index in [0.717, 1.165) is 19.0 Å². The molecule has 1 heterocycles. The van der Waals surface area contributed by atoms with Crippen molar-refractivity contribution < 1.29 is 9.50 Å². The van der Waals surface area contributed by atoms with E-state index in [1.807, 2.05) is 11.9 Å². The molecule has 0 radical (unpaired) electrons. The largest absolute Gasteiger partial charge is 0.384 e. The molecule has 0 saturated carbocycles. The number of hydrogen-bond donors (Lipinski definition) is 2. The number of rotatable bonds is 3. The second-order valence-corrected chi connectivity index (χ2v) is 4.76. The van der Waals surface area contributed by atoms with Crippen molar-refractivity contribution in [1.82, 2.24) is 10.2 Å². The molecule has 2 rings (SSSR count). The third kappa shape index (κ3) is 2.79. The monoisotopic (exact) mass is 251 g/mol. The lowest BCUT2D eigenvalue weighted by Crippen LogP contribution is -2.43.